The Morgan fingerprint density at radius 1 is 1.58 bits per heavy atom. The molecule has 4 heteroatoms. The molecule has 0 aromatic heterocycles. The Bertz CT molecular complexity index is 285. The van der Waals surface area contributed by atoms with E-state index in [1.54, 1.807) is 6.08 Å². The highest BCUT2D eigenvalue weighted by Gasteiger charge is 2.18. The molecule has 0 heterocycles. The van der Waals surface area contributed by atoms with Gasteiger partial charge in [-0.1, -0.05) is 6.08 Å². The zero-order chi connectivity index (χ0) is 9.14. The first kappa shape index (κ1) is 8.52. The summed E-state index contributed by atoms with van der Waals surface area (Å²) in [6.07, 6.45) is 3.45. The Morgan fingerprint density at radius 3 is 2.75 bits per heavy atom. The molecule has 0 aromatic carbocycles. The Kier molecular flexibility index (Phi) is 2.28. The molecule has 0 saturated heterocycles. The molecule has 1 N–H and O–H groups in total. The van der Waals surface area contributed by atoms with Gasteiger partial charge < -0.3 is 9.84 Å². The first-order valence-electron chi connectivity index (χ1n) is 3.42. The number of carboxylic acid groups (broad SMARTS) is 1. The van der Waals surface area contributed by atoms with Crippen molar-refractivity contribution in [2.45, 2.75) is 13.3 Å². The van der Waals surface area contributed by atoms with Crippen LogP contribution in [0.2, 0.25) is 0 Å². The molecule has 0 aliphatic heterocycles. The first-order valence-corrected chi connectivity index (χ1v) is 3.42. The van der Waals surface area contributed by atoms with Gasteiger partial charge in [-0.25, -0.2) is 4.79 Å². The fraction of sp³-hybridized carbons (Fsp3) is 0.250. The third-order valence-corrected chi connectivity index (χ3v) is 1.40. The van der Waals surface area contributed by atoms with Crippen LogP contribution in [0.3, 0.4) is 0 Å². The van der Waals surface area contributed by atoms with Crippen molar-refractivity contribution in [1.29, 1.82) is 0 Å². The predicted octanol–water partition coefficient (Wildman–Crippen LogP) is 0.848. The predicted molar refractivity (Wildman–Crippen MR) is 40.2 cm³/mol. The number of hydrogen-bond donors (Lipinski definition) is 1. The average Bonchev–Trinajstić information content (AvgIpc) is 2.33. The van der Waals surface area contributed by atoms with E-state index in [0.29, 0.717) is 6.42 Å². The molecule has 1 rings (SSSR count). The summed E-state index contributed by atoms with van der Waals surface area (Å²) in [5, 5.41) is 8.61. The van der Waals surface area contributed by atoms with E-state index >= 15 is 0 Å². The Labute approximate surface area is 69.1 Å². The van der Waals surface area contributed by atoms with Gasteiger partial charge in [0.25, 0.3) is 0 Å². The van der Waals surface area contributed by atoms with Crippen molar-refractivity contribution in [2.24, 2.45) is 0 Å². The maximum absolute atomic E-state index is 10.5. The van der Waals surface area contributed by atoms with Crippen LogP contribution in [0.5, 0.6) is 0 Å². The number of carboxylic acids is 1. The molecule has 12 heavy (non-hydrogen) atoms. The lowest BCUT2D eigenvalue weighted by molar-refractivity contribution is -0.136. The van der Waals surface area contributed by atoms with E-state index in [-0.39, 0.29) is 11.3 Å². The van der Waals surface area contributed by atoms with Crippen LogP contribution in [0.4, 0.5) is 0 Å². The monoisotopic (exact) mass is 168 g/mol. The number of allylic oxidation sites excluding steroid dienone is 2. The summed E-state index contributed by atoms with van der Waals surface area (Å²) in [5.74, 6) is -1.40. The minimum atomic E-state index is -1.05. The van der Waals surface area contributed by atoms with E-state index in [9.17, 15) is 9.59 Å². The minimum Gasteiger partial charge on any atom is -0.478 e. The zero-order valence-electron chi connectivity index (χ0n) is 6.53. The number of hydrogen-bond acceptors (Lipinski definition) is 3. The molecule has 0 radical (unpaired) electrons. The quantitative estimate of drug-likeness (QED) is 0.621. The van der Waals surface area contributed by atoms with E-state index in [4.69, 9.17) is 5.11 Å². The summed E-state index contributed by atoms with van der Waals surface area (Å²) >= 11 is 0. The van der Waals surface area contributed by atoms with Crippen molar-refractivity contribution in [3.05, 3.63) is 23.5 Å². The lowest BCUT2D eigenvalue weighted by Gasteiger charge is -2.01. The maximum atomic E-state index is 10.5. The van der Waals surface area contributed by atoms with Crippen LogP contribution in [-0.2, 0) is 14.3 Å². The summed E-state index contributed by atoms with van der Waals surface area (Å²) < 4.78 is 4.66. The van der Waals surface area contributed by atoms with Gasteiger partial charge in [-0.05, 0) is 6.08 Å². The molecule has 1 aliphatic carbocycles. The Hall–Kier alpha value is -1.58. The molecule has 0 atom stereocenters. The van der Waals surface area contributed by atoms with Crippen molar-refractivity contribution in [3.8, 4) is 0 Å². The number of carbonyl (C=O) groups excluding carboxylic acids is 1. The molecule has 0 bridgehead atoms. The standard InChI is InChI=1S/C8H8O4/c1-5(9)12-7-4-2-3-6(7)8(10)11/h2,4H,3H2,1H3,(H,10,11). The van der Waals surface area contributed by atoms with Crippen molar-refractivity contribution >= 4 is 11.9 Å². The van der Waals surface area contributed by atoms with Gasteiger partial charge in [-0.3, -0.25) is 4.79 Å². The van der Waals surface area contributed by atoms with Gasteiger partial charge in [0.1, 0.15) is 5.76 Å². The number of rotatable bonds is 2. The van der Waals surface area contributed by atoms with Crippen molar-refractivity contribution < 1.29 is 19.4 Å². The highest BCUT2D eigenvalue weighted by atomic mass is 16.5. The van der Waals surface area contributed by atoms with Crippen LogP contribution < -0.4 is 0 Å². The van der Waals surface area contributed by atoms with Gasteiger partial charge in [0.05, 0.1) is 5.57 Å². The smallest absolute Gasteiger partial charge is 0.335 e. The largest absolute Gasteiger partial charge is 0.478 e. The van der Waals surface area contributed by atoms with Crippen LogP contribution in [0.15, 0.2) is 23.5 Å². The normalized spacial score (nSPS) is 15.1. The Balaban J connectivity index is 2.82. The van der Waals surface area contributed by atoms with E-state index in [1.165, 1.54) is 13.0 Å². The van der Waals surface area contributed by atoms with Gasteiger partial charge >= 0.3 is 11.9 Å². The number of ether oxygens (including phenoxy) is 1. The van der Waals surface area contributed by atoms with Gasteiger partial charge in [0.2, 0.25) is 0 Å². The second-order valence-corrected chi connectivity index (χ2v) is 2.35. The second-order valence-electron chi connectivity index (χ2n) is 2.35. The summed E-state index contributed by atoms with van der Waals surface area (Å²) in [4.78, 5) is 21.0. The lowest BCUT2D eigenvalue weighted by Crippen LogP contribution is -2.04. The number of aliphatic carboxylic acids is 1. The van der Waals surface area contributed by atoms with Crippen LogP contribution in [0.25, 0.3) is 0 Å². The molecule has 0 amide bonds. The molecular weight excluding hydrogens is 160 g/mol. The maximum Gasteiger partial charge on any atom is 0.335 e. The molecule has 64 valence electrons. The molecule has 1 aliphatic rings. The van der Waals surface area contributed by atoms with E-state index in [2.05, 4.69) is 4.74 Å². The average molecular weight is 168 g/mol. The second kappa shape index (κ2) is 3.21. The summed E-state index contributed by atoms with van der Waals surface area (Å²) in [6.45, 7) is 1.23. The van der Waals surface area contributed by atoms with Gasteiger partial charge in [-0.15, -0.1) is 0 Å². The number of esters is 1. The Morgan fingerprint density at radius 2 is 2.25 bits per heavy atom. The summed E-state index contributed by atoms with van der Waals surface area (Å²) in [6, 6.07) is 0. The summed E-state index contributed by atoms with van der Waals surface area (Å²) in [5.41, 5.74) is 0.130. The SMILES string of the molecule is CC(=O)OC1=C(C(=O)O)CC=C1. The van der Waals surface area contributed by atoms with Crippen molar-refractivity contribution in [2.75, 3.05) is 0 Å². The fourth-order valence-electron chi connectivity index (χ4n) is 0.928. The third kappa shape index (κ3) is 1.72. The van der Waals surface area contributed by atoms with Gasteiger partial charge in [0, 0.05) is 13.3 Å². The molecule has 0 spiro atoms. The first-order chi connectivity index (χ1) is 5.61. The fourth-order valence-corrected chi connectivity index (χ4v) is 0.928. The molecule has 0 fully saturated rings. The van der Waals surface area contributed by atoms with Crippen LogP contribution in [-0.4, -0.2) is 17.0 Å². The van der Waals surface area contributed by atoms with Crippen molar-refractivity contribution in [1.82, 2.24) is 0 Å². The lowest BCUT2D eigenvalue weighted by atomic mass is 10.2. The molecular formula is C8H8O4. The third-order valence-electron chi connectivity index (χ3n) is 1.40. The van der Waals surface area contributed by atoms with E-state index in [1.807, 2.05) is 0 Å². The van der Waals surface area contributed by atoms with Crippen LogP contribution in [0.1, 0.15) is 13.3 Å². The van der Waals surface area contributed by atoms with Crippen LogP contribution >= 0.6 is 0 Å². The summed E-state index contributed by atoms with van der Waals surface area (Å²) in [7, 11) is 0. The van der Waals surface area contributed by atoms with Crippen LogP contribution in [0, 0.1) is 0 Å². The number of carbonyl (C=O) groups is 2. The molecule has 0 unspecified atom stereocenters. The molecule has 0 aromatic rings. The molecule has 4 nitrogen and oxygen atoms in total. The van der Waals surface area contributed by atoms with Gasteiger partial charge in [0.15, 0.2) is 0 Å². The minimum absolute atomic E-state index is 0.130. The highest BCUT2D eigenvalue weighted by molar-refractivity contribution is 5.89. The topological polar surface area (TPSA) is 63.6 Å². The van der Waals surface area contributed by atoms with Gasteiger partial charge in [-0.2, -0.15) is 0 Å². The zero-order valence-corrected chi connectivity index (χ0v) is 6.53. The highest BCUT2D eigenvalue weighted by Crippen LogP contribution is 2.19. The van der Waals surface area contributed by atoms with Crippen molar-refractivity contribution in [3.63, 3.8) is 0 Å². The molecule has 0 saturated carbocycles. The van der Waals surface area contributed by atoms with E-state index < -0.39 is 11.9 Å². The van der Waals surface area contributed by atoms with E-state index in [0.717, 1.165) is 0 Å².